The van der Waals surface area contributed by atoms with E-state index in [-0.39, 0.29) is 17.7 Å². The van der Waals surface area contributed by atoms with Crippen LogP contribution in [0.25, 0.3) is 0 Å². The third-order valence-electron chi connectivity index (χ3n) is 6.17. The highest BCUT2D eigenvalue weighted by molar-refractivity contribution is 5.99. The largest absolute Gasteiger partial charge is 0.496 e. The van der Waals surface area contributed by atoms with Crippen molar-refractivity contribution in [2.24, 2.45) is 17.8 Å². The van der Waals surface area contributed by atoms with Crippen molar-refractivity contribution in [3.05, 3.63) is 29.8 Å². The van der Waals surface area contributed by atoms with Crippen molar-refractivity contribution in [1.82, 2.24) is 10.2 Å². The van der Waals surface area contributed by atoms with E-state index < -0.39 is 6.04 Å². The molecule has 1 aromatic carbocycles. The molecule has 2 fully saturated rings. The predicted octanol–water partition coefficient (Wildman–Crippen LogP) is 3.49. The molecule has 2 aliphatic rings. The summed E-state index contributed by atoms with van der Waals surface area (Å²) in [5, 5.41) is 2.97. The van der Waals surface area contributed by atoms with Gasteiger partial charge in [0.05, 0.1) is 12.7 Å². The summed E-state index contributed by atoms with van der Waals surface area (Å²) in [7, 11) is 1.55. The molecule has 1 aliphatic carbocycles. The summed E-state index contributed by atoms with van der Waals surface area (Å²) in [4.78, 5) is 28.0. The molecule has 1 saturated heterocycles. The summed E-state index contributed by atoms with van der Waals surface area (Å²) in [6.07, 6.45) is 6.25. The number of nitrogens with zero attached hydrogens (tertiary/aromatic N) is 1. The first-order valence-electron chi connectivity index (χ1n) is 10.2. The van der Waals surface area contributed by atoms with Crippen LogP contribution >= 0.6 is 0 Å². The van der Waals surface area contributed by atoms with Crippen LogP contribution in [0.4, 0.5) is 0 Å². The van der Waals surface area contributed by atoms with Crippen molar-refractivity contribution >= 4 is 11.8 Å². The summed E-state index contributed by atoms with van der Waals surface area (Å²) in [6, 6.07) is 6.60. The number of piperidine rings is 1. The van der Waals surface area contributed by atoms with Crippen LogP contribution in [0.5, 0.6) is 5.75 Å². The topological polar surface area (TPSA) is 58.6 Å². The van der Waals surface area contributed by atoms with Crippen LogP contribution in [0.15, 0.2) is 24.3 Å². The third kappa shape index (κ3) is 4.45. The Morgan fingerprint density at radius 2 is 1.81 bits per heavy atom. The van der Waals surface area contributed by atoms with Gasteiger partial charge in [0.15, 0.2) is 0 Å². The van der Waals surface area contributed by atoms with Gasteiger partial charge in [-0.1, -0.05) is 45.2 Å². The maximum Gasteiger partial charge on any atom is 0.255 e. The summed E-state index contributed by atoms with van der Waals surface area (Å²) >= 11 is 0. The van der Waals surface area contributed by atoms with Gasteiger partial charge in [0.25, 0.3) is 5.91 Å². The number of carbonyl (C=O) groups excluding carboxylic acids is 2. The van der Waals surface area contributed by atoms with Crippen LogP contribution < -0.4 is 10.1 Å². The number of carbonyl (C=O) groups is 2. The Bertz CT molecular complexity index is 673. The third-order valence-corrected chi connectivity index (χ3v) is 6.17. The molecule has 3 rings (SSSR count). The SMILES string of the molecule is COc1ccccc1C(=O)N[C@H](C(=O)N1CC[C@@H]2CCCC[C@@H]2C1)C(C)C. The van der Waals surface area contributed by atoms with E-state index in [4.69, 9.17) is 4.74 Å². The molecule has 1 N–H and O–H groups in total. The Balaban J connectivity index is 1.69. The standard InChI is InChI=1S/C22H32N2O3/c1-15(2)20(23-21(25)18-10-6-7-11-19(18)27-3)22(26)24-13-12-16-8-4-5-9-17(16)14-24/h6-7,10-11,15-17,20H,4-5,8-9,12-14H2,1-3H3,(H,23,25)/t16-,17+,20-/m0/s1. The molecule has 1 aromatic rings. The first kappa shape index (κ1) is 19.7. The number of methoxy groups -OCH3 is 1. The highest BCUT2D eigenvalue weighted by Crippen LogP contribution is 2.36. The minimum absolute atomic E-state index is 0.0280. The molecule has 148 valence electrons. The highest BCUT2D eigenvalue weighted by Gasteiger charge is 2.36. The number of fused-ring (bicyclic) bond motifs is 1. The Morgan fingerprint density at radius 1 is 1.11 bits per heavy atom. The Hall–Kier alpha value is -2.04. The Kier molecular flexibility index (Phi) is 6.40. The van der Waals surface area contributed by atoms with Crippen molar-refractivity contribution < 1.29 is 14.3 Å². The van der Waals surface area contributed by atoms with E-state index in [2.05, 4.69) is 5.32 Å². The van der Waals surface area contributed by atoms with Crippen LogP contribution in [-0.2, 0) is 4.79 Å². The molecule has 0 bridgehead atoms. The molecule has 5 heteroatoms. The molecule has 0 aromatic heterocycles. The lowest BCUT2D eigenvalue weighted by Crippen LogP contribution is -2.54. The summed E-state index contributed by atoms with van der Waals surface area (Å²) in [6.45, 7) is 5.63. The molecule has 5 nitrogen and oxygen atoms in total. The molecule has 0 radical (unpaired) electrons. The van der Waals surface area contributed by atoms with E-state index in [1.165, 1.54) is 25.7 Å². The summed E-state index contributed by atoms with van der Waals surface area (Å²) < 4.78 is 5.29. The molecule has 1 aliphatic heterocycles. The molecule has 27 heavy (non-hydrogen) atoms. The van der Waals surface area contributed by atoms with Crippen LogP contribution in [0.3, 0.4) is 0 Å². The van der Waals surface area contributed by atoms with Gasteiger partial charge in [-0.15, -0.1) is 0 Å². The van der Waals surface area contributed by atoms with Gasteiger partial charge >= 0.3 is 0 Å². The van der Waals surface area contributed by atoms with Gasteiger partial charge in [0.1, 0.15) is 11.8 Å². The van der Waals surface area contributed by atoms with Gasteiger partial charge in [0.2, 0.25) is 5.91 Å². The van der Waals surface area contributed by atoms with Gasteiger partial charge in [-0.05, 0) is 42.7 Å². The number of hydrogen-bond donors (Lipinski definition) is 1. The maximum atomic E-state index is 13.2. The van der Waals surface area contributed by atoms with Crippen LogP contribution in [0, 0.1) is 17.8 Å². The van der Waals surface area contributed by atoms with Crippen LogP contribution in [0.2, 0.25) is 0 Å². The zero-order valence-electron chi connectivity index (χ0n) is 16.7. The summed E-state index contributed by atoms with van der Waals surface area (Å²) in [5.74, 6) is 1.76. The average molecular weight is 373 g/mol. The van der Waals surface area contributed by atoms with Crippen molar-refractivity contribution in [3.63, 3.8) is 0 Å². The Labute approximate surface area is 162 Å². The molecular weight excluding hydrogens is 340 g/mol. The smallest absolute Gasteiger partial charge is 0.255 e. The minimum atomic E-state index is -0.512. The zero-order chi connectivity index (χ0) is 19.4. The molecule has 0 spiro atoms. The molecule has 1 heterocycles. The van der Waals surface area contributed by atoms with E-state index in [0.717, 1.165) is 25.4 Å². The van der Waals surface area contributed by atoms with Gasteiger partial charge < -0.3 is 15.0 Å². The number of hydrogen-bond acceptors (Lipinski definition) is 3. The van der Waals surface area contributed by atoms with Crippen molar-refractivity contribution in [2.75, 3.05) is 20.2 Å². The van der Waals surface area contributed by atoms with E-state index in [1.54, 1.807) is 25.3 Å². The second kappa shape index (κ2) is 8.77. The van der Waals surface area contributed by atoms with E-state index in [0.29, 0.717) is 17.2 Å². The number of rotatable bonds is 5. The van der Waals surface area contributed by atoms with E-state index >= 15 is 0 Å². The number of benzene rings is 1. The van der Waals surface area contributed by atoms with Gasteiger partial charge in [-0.2, -0.15) is 0 Å². The van der Waals surface area contributed by atoms with Crippen molar-refractivity contribution in [3.8, 4) is 5.75 Å². The highest BCUT2D eigenvalue weighted by atomic mass is 16.5. The van der Waals surface area contributed by atoms with Gasteiger partial charge in [-0.25, -0.2) is 0 Å². The van der Waals surface area contributed by atoms with Crippen LogP contribution in [0.1, 0.15) is 56.3 Å². The van der Waals surface area contributed by atoms with Crippen LogP contribution in [-0.4, -0.2) is 43.0 Å². The maximum absolute atomic E-state index is 13.2. The van der Waals surface area contributed by atoms with E-state index in [9.17, 15) is 9.59 Å². The normalized spacial score (nSPS) is 23.5. The monoisotopic (exact) mass is 372 g/mol. The number of para-hydroxylation sites is 1. The quantitative estimate of drug-likeness (QED) is 0.861. The lowest BCUT2D eigenvalue weighted by atomic mass is 9.75. The van der Waals surface area contributed by atoms with Crippen molar-refractivity contribution in [1.29, 1.82) is 0 Å². The van der Waals surface area contributed by atoms with Gasteiger partial charge in [0, 0.05) is 13.1 Å². The molecule has 0 unspecified atom stereocenters. The number of amides is 2. The molecule has 1 saturated carbocycles. The second-order valence-electron chi connectivity index (χ2n) is 8.27. The van der Waals surface area contributed by atoms with E-state index in [1.807, 2.05) is 24.8 Å². The summed E-state index contributed by atoms with van der Waals surface area (Å²) in [5.41, 5.74) is 0.462. The first-order valence-corrected chi connectivity index (χ1v) is 10.2. The van der Waals surface area contributed by atoms with Gasteiger partial charge in [-0.3, -0.25) is 9.59 Å². The zero-order valence-corrected chi connectivity index (χ0v) is 16.7. The van der Waals surface area contributed by atoms with Crippen molar-refractivity contribution in [2.45, 2.75) is 52.0 Å². The number of nitrogens with one attached hydrogen (secondary N) is 1. The number of likely N-dealkylation sites (tertiary alicyclic amines) is 1. The Morgan fingerprint density at radius 3 is 2.52 bits per heavy atom. The average Bonchev–Trinajstić information content (AvgIpc) is 2.70. The minimum Gasteiger partial charge on any atom is -0.496 e. The fourth-order valence-corrected chi connectivity index (χ4v) is 4.56. The fraction of sp³-hybridized carbons (Fsp3) is 0.636. The lowest BCUT2D eigenvalue weighted by molar-refractivity contribution is -0.137. The first-order chi connectivity index (χ1) is 13.0. The predicted molar refractivity (Wildman–Crippen MR) is 106 cm³/mol. The lowest BCUT2D eigenvalue weighted by Gasteiger charge is -2.42. The second-order valence-corrected chi connectivity index (χ2v) is 8.27. The fourth-order valence-electron chi connectivity index (χ4n) is 4.56. The molecule has 3 atom stereocenters. The molecular formula is C22H32N2O3. The molecule has 2 amide bonds. The number of ether oxygens (including phenoxy) is 1.